The van der Waals surface area contributed by atoms with Crippen LogP contribution in [0.5, 0.6) is 11.5 Å². The second-order valence-electron chi connectivity index (χ2n) is 29.7. The Morgan fingerprint density at radius 2 is 0.727 bits per heavy atom. The molecule has 12 aromatic heterocycles. The lowest BCUT2D eigenvalue weighted by Gasteiger charge is -2.06. The van der Waals surface area contributed by atoms with Gasteiger partial charge in [0.15, 0.2) is 0 Å². The summed E-state index contributed by atoms with van der Waals surface area (Å²) in [5.41, 5.74) is 14.1. The van der Waals surface area contributed by atoms with Crippen molar-refractivity contribution in [3.05, 3.63) is 403 Å². The number of carbonyl (C=O) groups excluding carboxylic acids is 6. The summed E-state index contributed by atoms with van der Waals surface area (Å²) in [5.74, 6) is -1.82. The summed E-state index contributed by atoms with van der Waals surface area (Å²) >= 11 is 24.5. The molecule has 6 N–H and O–H groups in total. The molecule has 24 nitrogen and oxygen atoms in total. The first kappa shape index (κ1) is 102. The summed E-state index contributed by atoms with van der Waals surface area (Å²) in [5, 5.41) is 29.6. The maximum absolute atomic E-state index is 13.5. The number of nitrogens with zero attached hydrogens (tertiary/aromatic N) is 8. The number of anilines is 6. The fourth-order valence-corrected chi connectivity index (χ4v) is 19.1. The van der Waals surface area contributed by atoms with Gasteiger partial charge in [0.2, 0.25) is 35.4 Å². The molecule has 12 heterocycles. The van der Waals surface area contributed by atoms with Crippen LogP contribution in [0, 0.1) is 17.5 Å². The molecule has 0 unspecified atom stereocenters. The number of amides is 6. The van der Waals surface area contributed by atoms with Gasteiger partial charge >= 0.3 is 10.1 Å². The number of ether oxygens (including phenoxy) is 1. The maximum atomic E-state index is 13.5. The molecular weight excluding hydrogens is 2010 g/mol. The van der Waals surface area contributed by atoms with E-state index in [-0.39, 0.29) is 78.3 Å². The quantitative estimate of drug-likeness (QED) is 0.0261. The Hall–Kier alpha value is -14.5. The molecule has 0 radical (unpaired) electrons. The van der Waals surface area contributed by atoms with Gasteiger partial charge in [-0.2, -0.15) is 8.42 Å². The summed E-state index contributed by atoms with van der Waals surface area (Å²) in [6, 6.07) is 66.6. The lowest BCUT2D eigenvalue weighted by molar-refractivity contribution is -0.116. The molecule has 0 bridgehead atoms. The predicted octanol–water partition coefficient (Wildman–Crippen LogP) is 24.6. The largest absolute Gasteiger partial charge is 0.497 e. The van der Waals surface area contributed by atoms with Crippen LogP contribution in [-0.4, -0.2) is 97.1 Å². The van der Waals surface area contributed by atoms with Crippen LogP contribution < -0.4 is 40.8 Å². The van der Waals surface area contributed by atoms with Crippen molar-refractivity contribution in [1.82, 2.24) is 39.9 Å². The predicted molar refractivity (Wildman–Crippen MR) is 553 cm³/mol. The second kappa shape index (κ2) is 51.6. The zero-order valence-electron chi connectivity index (χ0n) is 73.4. The van der Waals surface area contributed by atoms with E-state index < -0.39 is 21.8 Å². The molecule has 18 rings (SSSR count). The smallest absolute Gasteiger partial charge is 0.306 e. The first-order valence-corrected chi connectivity index (χ1v) is 50.4. The molecule has 0 atom stereocenters. The molecule has 6 aromatic carbocycles. The number of benzene rings is 6. The van der Waals surface area contributed by atoms with Gasteiger partial charge in [-0.1, -0.05) is 106 Å². The Kier molecular flexibility index (Phi) is 37.8. The van der Waals surface area contributed by atoms with Crippen molar-refractivity contribution in [3.63, 3.8) is 0 Å². The number of methoxy groups -OCH3 is 1. The highest BCUT2D eigenvalue weighted by Gasteiger charge is 2.19. The number of aromatic nitrogens is 8. The van der Waals surface area contributed by atoms with Crippen LogP contribution in [0.25, 0.3) is 62.9 Å². The fraction of sp³-hybridized carbons (Fsp3) is 0.0784. The standard InChI is InChI=1S/C18H16N2O4S2.C17H12BrClN2OS.C17H13ClN2OS.C17H13FN2OS.C17H15N3O2S.C16H11F2N3OS/c1-26(22,23)24-16-6-2-4-13(8-16)9-18(21)20-15-10-17(25-12-15)14-5-3-7-19-11-14;18-15-2-1-13(19)7-12(15)8-17(22)21-14-9-16(23-10-14)11-3-5-20-6-4-11;18-14-3-1-2-12(8-14)9-17(21)20-15-10-16(22-11-15)13-4-6-19-7-5-13;18-15-4-2-1-3-13(15)9-17(21)20-14-10-16(22-11-14)12-5-7-19-8-6-12;1-22-14-4-2-3-12(7-14)8-17(21)20-13-9-16(23-10-13)15-5-6-18-11-19-15;17-11-2-1-10(13(18)6-11)5-16(22)21-12-7-15(23-8-12)14-3-4-19-9-20-14/h2-8,10-12H,9H2,1H3,(H,20,21);1-7,9-10H,8H2,(H,21,22);2*1-8,10-11H,9H2,(H,20,21);2-7,9-11H,8H2,1H3,(H,20,21);1-4,6-9H,5H2,(H,21,22). The van der Waals surface area contributed by atoms with Gasteiger partial charge in [0.05, 0.1) is 107 Å². The monoisotopic (exact) mass is 2090 g/mol. The van der Waals surface area contributed by atoms with Gasteiger partial charge in [-0.05, 0) is 208 Å². The second-order valence-corrected chi connectivity index (χ2v) is 38.4. The zero-order valence-corrected chi connectivity index (χ0v) is 82.2. The summed E-state index contributed by atoms with van der Waals surface area (Å²) in [6.07, 6.45) is 22.1. The number of thiophene rings is 6. The molecule has 0 spiro atoms. The average molecular weight is 2090 g/mol. The number of hydrogen-bond donors (Lipinski definition) is 6. The maximum Gasteiger partial charge on any atom is 0.306 e. The minimum atomic E-state index is -3.60. The van der Waals surface area contributed by atoms with E-state index >= 15 is 0 Å². The molecule has 0 saturated carbocycles. The van der Waals surface area contributed by atoms with Crippen molar-refractivity contribution in [2.24, 2.45) is 0 Å². The van der Waals surface area contributed by atoms with Crippen molar-refractivity contribution in [2.45, 2.75) is 38.5 Å². The van der Waals surface area contributed by atoms with E-state index in [2.05, 4.69) is 87.7 Å². The lowest BCUT2D eigenvalue weighted by atomic mass is 10.1. The van der Waals surface area contributed by atoms with E-state index in [1.165, 1.54) is 82.3 Å². The Morgan fingerprint density at radius 3 is 1.14 bits per heavy atom. The molecule has 0 aliphatic heterocycles. The molecular formula is C102H80BrCl2F3N14O10S7. The summed E-state index contributed by atoms with van der Waals surface area (Å²) in [6.45, 7) is 0. The SMILES string of the molecule is COc1cccc(CC(=O)Nc2csc(-c3ccncn3)c2)c1.CS(=O)(=O)Oc1cccc(CC(=O)Nc2csc(-c3cccnc3)c2)c1.O=C(Cc1cc(Cl)ccc1Br)Nc1csc(-c2ccncc2)c1.O=C(Cc1ccc(F)cc1F)Nc1csc(-c2ccncn2)c1.O=C(Cc1cccc(Cl)c1)Nc1csc(-c2ccncc2)c1.O=C(Cc1ccccc1F)Nc1csc(-c2ccncc2)c1. The third-order valence-corrected chi connectivity index (χ3v) is 26.7. The lowest BCUT2D eigenvalue weighted by Crippen LogP contribution is -2.14. The van der Waals surface area contributed by atoms with Gasteiger partial charge < -0.3 is 40.8 Å². The number of pyridine rings is 4. The van der Waals surface area contributed by atoms with E-state index in [1.54, 1.807) is 164 Å². The zero-order chi connectivity index (χ0) is 97.8. The van der Waals surface area contributed by atoms with Gasteiger partial charge in [0, 0.05) is 140 Å². The number of nitrogens with one attached hydrogen (secondary N) is 6. The van der Waals surface area contributed by atoms with E-state index in [4.69, 9.17) is 32.1 Å². The minimum absolute atomic E-state index is 0.0209. The van der Waals surface area contributed by atoms with Gasteiger partial charge in [0.1, 0.15) is 41.6 Å². The molecule has 18 aromatic rings. The van der Waals surface area contributed by atoms with Gasteiger partial charge in [-0.15, -0.1) is 68.0 Å². The highest BCUT2D eigenvalue weighted by Crippen LogP contribution is 2.36. The normalized spacial score (nSPS) is 10.6. The van der Waals surface area contributed by atoms with Crippen molar-refractivity contribution in [2.75, 3.05) is 45.3 Å². The molecule has 0 aliphatic carbocycles. The minimum Gasteiger partial charge on any atom is -0.497 e. The molecule has 6 amide bonds. The summed E-state index contributed by atoms with van der Waals surface area (Å²) < 4.78 is 73.2. The topological polar surface area (TPSA) is 330 Å². The first-order chi connectivity index (χ1) is 67.3. The van der Waals surface area contributed by atoms with Crippen molar-refractivity contribution >= 4 is 187 Å². The van der Waals surface area contributed by atoms with Crippen LogP contribution in [-0.2, 0) is 77.4 Å². The Labute approximate surface area is 839 Å². The Morgan fingerprint density at radius 1 is 0.345 bits per heavy atom. The number of halogens is 6. The van der Waals surface area contributed by atoms with Crippen molar-refractivity contribution in [1.29, 1.82) is 0 Å². The van der Waals surface area contributed by atoms with Crippen LogP contribution >= 0.6 is 107 Å². The van der Waals surface area contributed by atoms with Gasteiger partial charge in [0.25, 0.3) is 0 Å². The van der Waals surface area contributed by atoms with Crippen LogP contribution in [0.2, 0.25) is 10.0 Å². The molecule has 0 fully saturated rings. The molecule has 0 aliphatic rings. The summed E-state index contributed by atoms with van der Waals surface area (Å²) in [7, 11) is -1.99. The van der Waals surface area contributed by atoms with Crippen molar-refractivity contribution < 1.29 is 59.3 Å². The van der Waals surface area contributed by atoms with Crippen molar-refractivity contribution in [3.8, 4) is 74.4 Å². The fourth-order valence-electron chi connectivity index (χ4n) is 12.8. The van der Waals surface area contributed by atoms with Crippen LogP contribution in [0.1, 0.15) is 33.4 Å². The van der Waals surface area contributed by atoms with E-state index in [1.807, 2.05) is 154 Å². The van der Waals surface area contributed by atoms with Gasteiger partial charge in [-0.3, -0.25) is 48.7 Å². The van der Waals surface area contributed by atoms with Crippen LogP contribution in [0.4, 0.5) is 47.3 Å². The number of rotatable bonds is 27. The average Bonchev–Trinajstić information content (AvgIpc) is 1.65. The van der Waals surface area contributed by atoms with Crippen LogP contribution in [0.3, 0.4) is 0 Å². The summed E-state index contributed by atoms with van der Waals surface area (Å²) in [4.78, 5) is 111. The van der Waals surface area contributed by atoms with Crippen LogP contribution in [0.15, 0.2) is 342 Å². The molecule has 0 saturated heterocycles. The van der Waals surface area contributed by atoms with E-state index in [0.29, 0.717) is 45.4 Å². The van der Waals surface area contributed by atoms with E-state index in [0.717, 1.165) is 131 Å². The Bertz CT molecular complexity index is 7290. The third kappa shape index (κ3) is 33.4. The third-order valence-electron chi connectivity index (χ3n) is 19.1. The van der Waals surface area contributed by atoms with E-state index in [9.17, 15) is 50.4 Å². The Balaban J connectivity index is 0.000000141. The van der Waals surface area contributed by atoms with Gasteiger partial charge in [-0.25, -0.2) is 33.1 Å². The highest BCUT2D eigenvalue weighted by molar-refractivity contribution is 9.10. The number of carbonyl (C=O) groups is 6. The molecule has 37 heteroatoms. The highest BCUT2D eigenvalue weighted by atomic mass is 79.9. The number of hydrogen-bond acceptors (Lipinski definition) is 24. The molecule has 139 heavy (non-hydrogen) atoms. The molecule has 702 valence electrons. The first-order valence-electron chi connectivity index (χ1n) is 41.7.